The lowest BCUT2D eigenvalue weighted by Gasteiger charge is -2.20. The van der Waals surface area contributed by atoms with Crippen LogP contribution in [0.1, 0.15) is 52.9 Å². The van der Waals surface area contributed by atoms with E-state index in [-0.39, 0.29) is 0 Å². The molecule has 24 heavy (non-hydrogen) atoms. The van der Waals surface area contributed by atoms with E-state index in [9.17, 15) is 4.79 Å². The fraction of sp³-hybridized carbons (Fsp3) is 0.889. The third-order valence-electron chi connectivity index (χ3n) is 4.48. The lowest BCUT2D eigenvalue weighted by Crippen LogP contribution is -2.38. The first-order valence-corrected chi connectivity index (χ1v) is 9.54. The van der Waals surface area contributed by atoms with Crippen molar-refractivity contribution in [1.29, 1.82) is 0 Å². The van der Waals surface area contributed by atoms with Gasteiger partial charge < -0.3 is 20.4 Å². The van der Waals surface area contributed by atoms with Crippen molar-refractivity contribution in [2.45, 2.75) is 58.9 Å². The lowest BCUT2D eigenvalue weighted by molar-refractivity contribution is -0.127. The summed E-state index contributed by atoms with van der Waals surface area (Å²) in [6.07, 6.45) is 5.00. The third-order valence-corrected chi connectivity index (χ3v) is 4.48. The summed E-state index contributed by atoms with van der Waals surface area (Å²) in [5.41, 5.74) is 0. The van der Waals surface area contributed by atoms with Gasteiger partial charge in [-0.3, -0.25) is 9.79 Å². The molecule has 0 atom stereocenters. The van der Waals surface area contributed by atoms with Crippen molar-refractivity contribution in [3.05, 3.63) is 0 Å². The van der Waals surface area contributed by atoms with Crippen molar-refractivity contribution in [2.75, 3.05) is 46.3 Å². The Morgan fingerprint density at radius 2 is 2.08 bits per heavy atom. The number of aliphatic imine (C=N–C) groups is 1. The van der Waals surface area contributed by atoms with Crippen LogP contribution in [0, 0.1) is 0 Å². The van der Waals surface area contributed by atoms with Gasteiger partial charge in [-0.15, -0.1) is 0 Å². The van der Waals surface area contributed by atoms with E-state index in [1.165, 1.54) is 6.42 Å². The normalized spacial score (nSPS) is 15.7. The summed E-state index contributed by atoms with van der Waals surface area (Å²) >= 11 is 0. The lowest BCUT2D eigenvalue weighted by atomic mass is 10.2. The SMILES string of the molecule is CCNC(=NCCCN1CCCC1=O)NCCCCN(C)C(C)C. The van der Waals surface area contributed by atoms with E-state index in [1.54, 1.807) is 0 Å². The van der Waals surface area contributed by atoms with Gasteiger partial charge in [-0.1, -0.05) is 0 Å². The summed E-state index contributed by atoms with van der Waals surface area (Å²) in [5.74, 6) is 1.19. The third kappa shape index (κ3) is 8.52. The molecule has 0 unspecified atom stereocenters. The van der Waals surface area contributed by atoms with Gasteiger partial charge in [-0.05, 0) is 60.0 Å². The minimum Gasteiger partial charge on any atom is -0.357 e. The minimum absolute atomic E-state index is 0.301. The van der Waals surface area contributed by atoms with Gasteiger partial charge in [-0.2, -0.15) is 0 Å². The van der Waals surface area contributed by atoms with E-state index in [0.29, 0.717) is 11.9 Å². The second-order valence-corrected chi connectivity index (χ2v) is 6.81. The van der Waals surface area contributed by atoms with E-state index >= 15 is 0 Å². The number of guanidine groups is 1. The molecule has 0 spiro atoms. The molecular formula is C18H37N5O. The summed E-state index contributed by atoms with van der Waals surface area (Å²) in [7, 11) is 2.18. The van der Waals surface area contributed by atoms with Crippen LogP contribution >= 0.6 is 0 Å². The monoisotopic (exact) mass is 339 g/mol. The zero-order valence-electron chi connectivity index (χ0n) is 16.1. The summed E-state index contributed by atoms with van der Waals surface area (Å²) in [6, 6.07) is 0.610. The first-order valence-electron chi connectivity index (χ1n) is 9.54. The number of hydrogen-bond acceptors (Lipinski definition) is 3. The summed E-state index contributed by atoms with van der Waals surface area (Å²) < 4.78 is 0. The molecule has 0 aromatic heterocycles. The molecule has 1 aliphatic rings. The topological polar surface area (TPSA) is 60.0 Å². The molecule has 140 valence electrons. The van der Waals surface area contributed by atoms with E-state index in [4.69, 9.17) is 0 Å². The van der Waals surface area contributed by atoms with Crippen molar-refractivity contribution in [1.82, 2.24) is 20.4 Å². The number of amides is 1. The fourth-order valence-corrected chi connectivity index (χ4v) is 2.69. The second kappa shape index (κ2) is 12.1. The van der Waals surface area contributed by atoms with Crippen molar-refractivity contribution in [2.24, 2.45) is 4.99 Å². The zero-order chi connectivity index (χ0) is 17.8. The average Bonchev–Trinajstić information content (AvgIpc) is 2.95. The van der Waals surface area contributed by atoms with Gasteiger partial charge in [0.05, 0.1) is 0 Å². The summed E-state index contributed by atoms with van der Waals surface area (Å²) in [4.78, 5) is 20.5. The van der Waals surface area contributed by atoms with E-state index < -0.39 is 0 Å². The van der Waals surface area contributed by atoms with Crippen LogP contribution in [0.3, 0.4) is 0 Å². The van der Waals surface area contributed by atoms with Crippen LogP contribution in [0.25, 0.3) is 0 Å². The molecular weight excluding hydrogens is 302 g/mol. The van der Waals surface area contributed by atoms with Crippen LogP contribution in [0.15, 0.2) is 4.99 Å². The van der Waals surface area contributed by atoms with Gasteiger partial charge in [0.2, 0.25) is 5.91 Å². The molecule has 1 rings (SSSR count). The predicted molar refractivity (Wildman–Crippen MR) is 101 cm³/mol. The van der Waals surface area contributed by atoms with E-state index in [1.807, 2.05) is 4.90 Å². The highest BCUT2D eigenvalue weighted by molar-refractivity contribution is 5.79. The summed E-state index contributed by atoms with van der Waals surface area (Å²) in [5, 5.41) is 6.69. The molecule has 0 aliphatic carbocycles. The van der Waals surface area contributed by atoms with Gasteiger partial charge in [0.1, 0.15) is 0 Å². The average molecular weight is 340 g/mol. The largest absolute Gasteiger partial charge is 0.357 e. The Kier molecular flexibility index (Phi) is 10.5. The maximum absolute atomic E-state index is 11.6. The first-order chi connectivity index (χ1) is 11.5. The Morgan fingerprint density at radius 1 is 1.29 bits per heavy atom. The standard InChI is InChI=1S/C18H37N5O/c1-5-19-18(20-11-6-7-13-22(4)16(2)3)21-12-9-15-23-14-8-10-17(23)24/h16H,5-15H2,1-4H3,(H2,19,20,21). The predicted octanol–water partition coefficient (Wildman–Crippen LogP) is 1.67. The Hall–Kier alpha value is -1.30. The molecule has 0 bridgehead atoms. The van der Waals surface area contributed by atoms with Gasteiger partial charge in [0, 0.05) is 45.2 Å². The van der Waals surface area contributed by atoms with Crippen molar-refractivity contribution >= 4 is 11.9 Å². The van der Waals surface area contributed by atoms with Crippen LogP contribution < -0.4 is 10.6 Å². The molecule has 0 aromatic rings. The number of likely N-dealkylation sites (tertiary alicyclic amines) is 1. The van der Waals surface area contributed by atoms with Gasteiger partial charge in [0.25, 0.3) is 0 Å². The number of carbonyl (C=O) groups excluding carboxylic acids is 1. The Balaban J connectivity index is 2.16. The highest BCUT2D eigenvalue weighted by Gasteiger charge is 2.18. The fourth-order valence-electron chi connectivity index (χ4n) is 2.69. The minimum atomic E-state index is 0.301. The smallest absolute Gasteiger partial charge is 0.222 e. The van der Waals surface area contributed by atoms with E-state index in [0.717, 1.165) is 70.9 Å². The molecule has 1 fully saturated rings. The number of carbonyl (C=O) groups is 1. The number of rotatable bonds is 11. The zero-order valence-corrected chi connectivity index (χ0v) is 16.1. The molecule has 1 heterocycles. The highest BCUT2D eigenvalue weighted by Crippen LogP contribution is 2.09. The number of unbranched alkanes of at least 4 members (excludes halogenated alkanes) is 1. The molecule has 0 radical (unpaired) electrons. The van der Waals surface area contributed by atoms with Crippen LogP contribution in [-0.2, 0) is 4.79 Å². The summed E-state index contributed by atoms with van der Waals surface area (Å²) in [6.45, 7) is 12.0. The molecule has 1 saturated heterocycles. The van der Waals surface area contributed by atoms with Gasteiger partial charge >= 0.3 is 0 Å². The number of nitrogens with one attached hydrogen (secondary N) is 2. The number of hydrogen-bond donors (Lipinski definition) is 2. The van der Waals surface area contributed by atoms with Crippen LogP contribution in [0.4, 0.5) is 0 Å². The quantitative estimate of drug-likeness (QED) is 0.342. The maximum Gasteiger partial charge on any atom is 0.222 e. The molecule has 6 nitrogen and oxygen atoms in total. The van der Waals surface area contributed by atoms with Crippen LogP contribution in [0.2, 0.25) is 0 Å². The first kappa shape index (κ1) is 20.7. The second-order valence-electron chi connectivity index (χ2n) is 6.81. The van der Waals surface area contributed by atoms with Crippen molar-refractivity contribution < 1.29 is 4.79 Å². The molecule has 0 saturated carbocycles. The van der Waals surface area contributed by atoms with Gasteiger partial charge in [0.15, 0.2) is 5.96 Å². The Morgan fingerprint density at radius 3 is 2.71 bits per heavy atom. The van der Waals surface area contributed by atoms with Crippen LogP contribution in [0.5, 0.6) is 0 Å². The molecule has 0 aromatic carbocycles. The van der Waals surface area contributed by atoms with Crippen molar-refractivity contribution in [3.8, 4) is 0 Å². The Labute approximate surface area is 148 Å². The van der Waals surface area contributed by atoms with Crippen molar-refractivity contribution in [3.63, 3.8) is 0 Å². The molecule has 1 amide bonds. The van der Waals surface area contributed by atoms with Gasteiger partial charge in [-0.25, -0.2) is 0 Å². The van der Waals surface area contributed by atoms with E-state index in [2.05, 4.69) is 48.3 Å². The Bertz CT molecular complexity index is 384. The highest BCUT2D eigenvalue weighted by atomic mass is 16.2. The molecule has 2 N–H and O–H groups in total. The van der Waals surface area contributed by atoms with Crippen LogP contribution in [-0.4, -0.2) is 74.0 Å². The number of nitrogens with zero attached hydrogens (tertiary/aromatic N) is 3. The maximum atomic E-state index is 11.6. The molecule has 6 heteroatoms. The molecule has 1 aliphatic heterocycles.